The minimum Gasteiger partial charge on any atom is -0.493 e. The Labute approximate surface area is 216 Å². The second-order valence-corrected chi connectivity index (χ2v) is 13.0. The number of hydrogen-bond acceptors (Lipinski definition) is 6. The largest absolute Gasteiger partial charge is 0.493 e. The summed E-state index contributed by atoms with van der Waals surface area (Å²) in [7, 11) is -4.48. The van der Waals surface area contributed by atoms with Crippen LogP contribution in [0.5, 0.6) is 11.5 Å². The van der Waals surface area contributed by atoms with Gasteiger partial charge in [-0.1, -0.05) is 39.7 Å². The van der Waals surface area contributed by atoms with Gasteiger partial charge in [0.15, 0.2) is 11.5 Å². The molecule has 0 amide bonds. The van der Waals surface area contributed by atoms with Crippen LogP contribution in [-0.2, 0) is 26.6 Å². The Morgan fingerprint density at radius 2 is 1.36 bits per heavy atom. The van der Waals surface area contributed by atoms with Crippen LogP contribution in [0.15, 0.2) is 52.3 Å². The number of hydrogen-bond donors (Lipinski definition) is 0. The number of benzene rings is 2. The maximum atomic E-state index is 14.0. The number of rotatable bonds is 11. The number of ether oxygens (including phenoxy) is 2. The Kier molecular flexibility index (Phi) is 9.43. The van der Waals surface area contributed by atoms with Crippen molar-refractivity contribution in [2.45, 2.75) is 68.8 Å². The number of sulfonamides is 2. The Morgan fingerprint density at radius 3 is 1.89 bits per heavy atom. The van der Waals surface area contributed by atoms with Gasteiger partial charge in [-0.3, -0.25) is 0 Å². The third-order valence-electron chi connectivity index (χ3n) is 7.00. The summed E-state index contributed by atoms with van der Waals surface area (Å²) in [5, 5.41) is 0. The van der Waals surface area contributed by atoms with Crippen molar-refractivity contribution in [2.24, 2.45) is 5.92 Å². The predicted octanol–water partition coefficient (Wildman–Crippen LogP) is 4.50. The smallest absolute Gasteiger partial charge is 0.243 e. The van der Waals surface area contributed by atoms with Crippen molar-refractivity contribution in [3.8, 4) is 11.5 Å². The first-order chi connectivity index (χ1) is 17.1. The monoisotopic (exact) mass is 538 g/mol. The highest BCUT2D eigenvalue weighted by molar-refractivity contribution is 7.89. The van der Waals surface area contributed by atoms with E-state index in [1.54, 1.807) is 44.5 Å². The van der Waals surface area contributed by atoms with Gasteiger partial charge in [-0.25, -0.2) is 16.8 Å². The zero-order valence-corrected chi connectivity index (χ0v) is 23.4. The second kappa shape index (κ2) is 11.9. The first-order valence-corrected chi connectivity index (χ1v) is 15.3. The van der Waals surface area contributed by atoms with Gasteiger partial charge in [0.05, 0.1) is 24.0 Å². The molecule has 1 saturated carbocycles. The summed E-state index contributed by atoms with van der Waals surface area (Å²) in [5.74, 6) is 1.32. The van der Waals surface area contributed by atoms with Crippen molar-refractivity contribution in [1.29, 1.82) is 0 Å². The molecule has 2 aromatic rings. The number of methoxy groups -OCH3 is 2. The molecule has 0 unspecified atom stereocenters. The molecule has 10 heteroatoms. The highest BCUT2D eigenvalue weighted by Crippen LogP contribution is 2.35. The van der Waals surface area contributed by atoms with Crippen LogP contribution in [-0.4, -0.2) is 58.8 Å². The van der Waals surface area contributed by atoms with Gasteiger partial charge in [-0.05, 0) is 60.7 Å². The second-order valence-electron chi connectivity index (χ2n) is 9.13. The van der Waals surface area contributed by atoms with Gasteiger partial charge in [-0.2, -0.15) is 8.61 Å². The Morgan fingerprint density at radius 1 is 0.806 bits per heavy atom. The summed E-state index contributed by atoms with van der Waals surface area (Å²) in [6.07, 6.45) is 3.79. The van der Waals surface area contributed by atoms with E-state index in [9.17, 15) is 16.8 Å². The molecule has 2 aromatic carbocycles. The van der Waals surface area contributed by atoms with Crippen molar-refractivity contribution in [1.82, 2.24) is 8.61 Å². The van der Waals surface area contributed by atoms with Crippen LogP contribution in [0.4, 0.5) is 0 Å². The van der Waals surface area contributed by atoms with Crippen LogP contribution >= 0.6 is 0 Å². The van der Waals surface area contributed by atoms with Crippen LogP contribution in [0.1, 0.15) is 52.0 Å². The van der Waals surface area contributed by atoms with Crippen LogP contribution in [0.25, 0.3) is 0 Å². The summed E-state index contributed by atoms with van der Waals surface area (Å²) < 4.78 is 67.4. The standard InChI is InChI=1S/C26H38N2O6S2/c1-6-27(7-2)35(29,30)22-13-15-23(16-14-22)36(31,32)28(24-11-9-8-10-20(24)3)19-21-12-17-25(33-4)26(18-21)34-5/h12-18,20,24H,6-11,19H2,1-5H3/t20-,24-/m0/s1. The molecule has 2 atom stereocenters. The van der Waals surface area contributed by atoms with Crippen LogP contribution in [0.3, 0.4) is 0 Å². The topological polar surface area (TPSA) is 93.2 Å². The predicted molar refractivity (Wildman–Crippen MR) is 140 cm³/mol. The quantitative estimate of drug-likeness (QED) is 0.418. The molecule has 0 aliphatic heterocycles. The summed E-state index contributed by atoms with van der Waals surface area (Å²) in [6, 6.07) is 10.8. The van der Waals surface area contributed by atoms with Crippen molar-refractivity contribution in [3.63, 3.8) is 0 Å². The molecule has 0 radical (unpaired) electrons. The van der Waals surface area contributed by atoms with Gasteiger partial charge in [0, 0.05) is 25.7 Å². The molecule has 0 spiro atoms. The third-order valence-corrected chi connectivity index (χ3v) is 10.9. The van der Waals surface area contributed by atoms with Gasteiger partial charge in [0.1, 0.15) is 0 Å². The maximum Gasteiger partial charge on any atom is 0.243 e. The molecule has 0 aromatic heterocycles. The molecule has 1 aliphatic rings. The molecular weight excluding hydrogens is 500 g/mol. The third kappa shape index (κ3) is 5.88. The first-order valence-electron chi connectivity index (χ1n) is 12.4. The zero-order chi connectivity index (χ0) is 26.5. The molecule has 0 heterocycles. The fourth-order valence-corrected chi connectivity index (χ4v) is 8.09. The normalized spacial score (nSPS) is 19.0. The molecule has 1 fully saturated rings. The molecule has 200 valence electrons. The van der Waals surface area contributed by atoms with Crippen molar-refractivity contribution >= 4 is 20.0 Å². The zero-order valence-electron chi connectivity index (χ0n) is 21.8. The van der Waals surface area contributed by atoms with E-state index in [4.69, 9.17) is 9.47 Å². The van der Waals surface area contributed by atoms with Gasteiger partial charge in [-0.15, -0.1) is 0 Å². The molecule has 36 heavy (non-hydrogen) atoms. The molecule has 0 bridgehead atoms. The Hall–Kier alpha value is -2.14. The summed E-state index contributed by atoms with van der Waals surface area (Å²) >= 11 is 0. The molecule has 1 aliphatic carbocycles. The minimum absolute atomic E-state index is 0.0826. The SMILES string of the molecule is CCN(CC)S(=O)(=O)c1ccc(S(=O)(=O)N(Cc2ccc(OC)c(OC)c2)[C@H]2CCCC[C@@H]2C)cc1. The molecule has 0 saturated heterocycles. The van der Waals surface area contributed by atoms with E-state index in [0.29, 0.717) is 24.6 Å². The van der Waals surface area contributed by atoms with Crippen LogP contribution < -0.4 is 9.47 Å². The van der Waals surface area contributed by atoms with Crippen molar-refractivity contribution in [3.05, 3.63) is 48.0 Å². The Balaban J connectivity index is 2.01. The lowest BCUT2D eigenvalue weighted by Crippen LogP contribution is -2.44. The van der Waals surface area contributed by atoms with E-state index in [1.807, 2.05) is 6.07 Å². The summed E-state index contributed by atoms with van der Waals surface area (Å²) in [6.45, 7) is 6.52. The molecule has 0 N–H and O–H groups in total. The first kappa shape index (κ1) is 28.4. The fourth-order valence-electron chi connectivity index (χ4n) is 4.90. The van der Waals surface area contributed by atoms with Crippen LogP contribution in [0, 0.1) is 5.92 Å². The van der Waals surface area contributed by atoms with Crippen molar-refractivity contribution in [2.75, 3.05) is 27.3 Å². The summed E-state index contributed by atoms with van der Waals surface area (Å²) in [4.78, 5) is 0.168. The van der Waals surface area contributed by atoms with Gasteiger partial charge in [0.2, 0.25) is 20.0 Å². The lowest BCUT2D eigenvalue weighted by Gasteiger charge is -2.38. The van der Waals surface area contributed by atoms with Gasteiger partial charge >= 0.3 is 0 Å². The van der Waals surface area contributed by atoms with E-state index >= 15 is 0 Å². The van der Waals surface area contributed by atoms with E-state index in [0.717, 1.165) is 31.2 Å². The molecule has 3 rings (SSSR count). The van der Waals surface area contributed by atoms with Gasteiger partial charge < -0.3 is 9.47 Å². The highest BCUT2D eigenvalue weighted by Gasteiger charge is 2.36. The van der Waals surface area contributed by atoms with E-state index < -0.39 is 20.0 Å². The lowest BCUT2D eigenvalue weighted by molar-refractivity contribution is 0.185. The van der Waals surface area contributed by atoms with Crippen molar-refractivity contribution < 1.29 is 26.3 Å². The lowest BCUT2D eigenvalue weighted by atomic mass is 9.86. The molecule has 8 nitrogen and oxygen atoms in total. The van der Waals surface area contributed by atoms with E-state index in [2.05, 4.69) is 6.92 Å². The summed E-state index contributed by atoms with van der Waals surface area (Å²) in [5.41, 5.74) is 0.787. The van der Waals surface area contributed by atoms with E-state index in [1.165, 1.54) is 28.6 Å². The average molecular weight is 539 g/mol. The number of nitrogens with zero attached hydrogens (tertiary/aromatic N) is 2. The molecular formula is C26H38N2O6S2. The minimum atomic E-state index is -3.91. The van der Waals surface area contributed by atoms with Crippen LogP contribution in [0.2, 0.25) is 0 Å². The highest BCUT2D eigenvalue weighted by atomic mass is 32.2. The average Bonchev–Trinajstić information content (AvgIpc) is 2.88. The van der Waals surface area contributed by atoms with E-state index in [-0.39, 0.29) is 28.3 Å². The Bertz CT molecular complexity index is 1230. The van der Waals surface area contributed by atoms with Gasteiger partial charge in [0.25, 0.3) is 0 Å². The maximum absolute atomic E-state index is 14.0. The fraction of sp³-hybridized carbons (Fsp3) is 0.538.